The average molecular weight is 238 g/mol. The van der Waals surface area contributed by atoms with Gasteiger partial charge >= 0.3 is 0 Å². The smallest absolute Gasteiger partial charge is 0.240 e. The summed E-state index contributed by atoms with van der Waals surface area (Å²) in [6.45, 7) is 2.04. The van der Waals surface area contributed by atoms with Crippen molar-refractivity contribution < 1.29 is 9.90 Å². The van der Waals surface area contributed by atoms with Crippen LogP contribution in [-0.4, -0.2) is 23.7 Å². The molecule has 0 aromatic carbocycles. The second-order valence-corrected chi connectivity index (χ2v) is 4.85. The predicted octanol–water partition coefficient (Wildman–Crippen LogP) is 1.74. The fourth-order valence-electron chi connectivity index (χ4n) is 2.40. The molecule has 0 saturated heterocycles. The Morgan fingerprint density at radius 3 is 2.59 bits per heavy atom. The first-order valence-electron chi connectivity index (χ1n) is 6.51. The van der Waals surface area contributed by atoms with Crippen molar-refractivity contribution >= 4 is 5.91 Å². The number of nitrogens with zero attached hydrogens (tertiary/aromatic N) is 1. The number of hydrogen-bond acceptors (Lipinski definition) is 3. The van der Waals surface area contributed by atoms with E-state index in [1.165, 1.54) is 0 Å². The number of hydrogen-bond donors (Lipinski definition) is 2. The topological polar surface area (TPSA) is 73.1 Å². The molecule has 0 radical (unpaired) electrons. The summed E-state index contributed by atoms with van der Waals surface area (Å²) in [6, 6.07) is 2.20. The van der Waals surface area contributed by atoms with Crippen LogP contribution in [0.3, 0.4) is 0 Å². The van der Waals surface area contributed by atoms with Crippen molar-refractivity contribution in [1.82, 2.24) is 5.32 Å². The molecule has 0 spiro atoms. The second kappa shape index (κ2) is 6.61. The fourth-order valence-corrected chi connectivity index (χ4v) is 2.40. The molecule has 0 heterocycles. The SMILES string of the molecule is CC[C@@H](CCO)NC(=O)C1(C#N)CCCCC1. The van der Waals surface area contributed by atoms with E-state index in [-0.39, 0.29) is 18.6 Å². The molecule has 1 aliphatic carbocycles. The van der Waals surface area contributed by atoms with Gasteiger partial charge in [0.05, 0.1) is 6.07 Å². The lowest BCUT2D eigenvalue weighted by Gasteiger charge is -2.31. The molecular formula is C13H22N2O2. The van der Waals surface area contributed by atoms with E-state index in [4.69, 9.17) is 5.11 Å². The lowest BCUT2D eigenvalue weighted by Crippen LogP contribution is -2.46. The van der Waals surface area contributed by atoms with Gasteiger partial charge in [-0.2, -0.15) is 5.26 Å². The van der Waals surface area contributed by atoms with Gasteiger partial charge in [-0.25, -0.2) is 0 Å². The monoisotopic (exact) mass is 238 g/mol. The molecule has 1 fully saturated rings. The van der Waals surface area contributed by atoms with Crippen molar-refractivity contribution in [2.24, 2.45) is 5.41 Å². The van der Waals surface area contributed by atoms with Crippen LogP contribution >= 0.6 is 0 Å². The van der Waals surface area contributed by atoms with Gasteiger partial charge in [-0.3, -0.25) is 4.79 Å². The van der Waals surface area contributed by atoms with Gasteiger partial charge in [-0.1, -0.05) is 26.2 Å². The highest BCUT2D eigenvalue weighted by Gasteiger charge is 2.40. The highest BCUT2D eigenvalue weighted by molar-refractivity contribution is 5.85. The molecule has 1 saturated carbocycles. The zero-order valence-electron chi connectivity index (χ0n) is 10.5. The van der Waals surface area contributed by atoms with E-state index >= 15 is 0 Å². The summed E-state index contributed by atoms with van der Waals surface area (Å²) in [6.07, 6.45) is 5.72. The number of amides is 1. The molecule has 0 unspecified atom stereocenters. The van der Waals surface area contributed by atoms with Crippen molar-refractivity contribution in [3.05, 3.63) is 0 Å². The molecule has 4 nitrogen and oxygen atoms in total. The first kappa shape index (κ1) is 14.0. The van der Waals surface area contributed by atoms with E-state index in [9.17, 15) is 10.1 Å². The van der Waals surface area contributed by atoms with Crippen molar-refractivity contribution in [3.8, 4) is 6.07 Å². The lowest BCUT2D eigenvalue weighted by atomic mass is 9.74. The standard InChI is InChI=1S/C13H22N2O2/c1-2-11(6-9-16)15-12(17)13(10-14)7-4-3-5-8-13/h11,16H,2-9H2,1H3,(H,15,17)/t11-/m0/s1. The highest BCUT2D eigenvalue weighted by atomic mass is 16.3. The van der Waals surface area contributed by atoms with Crippen LogP contribution in [0.4, 0.5) is 0 Å². The molecule has 17 heavy (non-hydrogen) atoms. The summed E-state index contributed by atoms with van der Waals surface area (Å²) in [7, 11) is 0. The van der Waals surface area contributed by atoms with Gasteiger partial charge in [0.1, 0.15) is 5.41 Å². The van der Waals surface area contributed by atoms with E-state index in [1.807, 2.05) is 6.92 Å². The summed E-state index contributed by atoms with van der Waals surface area (Å²) in [5.41, 5.74) is -0.818. The lowest BCUT2D eigenvalue weighted by molar-refractivity contribution is -0.130. The van der Waals surface area contributed by atoms with Crippen molar-refractivity contribution in [2.45, 2.75) is 57.9 Å². The summed E-state index contributed by atoms with van der Waals surface area (Å²) in [4.78, 5) is 12.2. The number of rotatable bonds is 5. The van der Waals surface area contributed by atoms with Crippen LogP contribution in [-0.2, 0) is 4.79 Å². The number of nitrogens with one attached hydrogen (secondary N) is 1. The fraction of sp³-hybridized carbons (Fsp3) is 0.846. The van der Waals surface area contributed by atoms with Gasteiger partial charge in [0.25, 0.3) is 0 Å². The Kier molecular flexibility index (Phi) is 5.43. The Morgan fingerprint density at radius 2 is 2.12 bits per heavy atom. The van der Waals surface area contributed by atoms with E-state index < -0.39 is 5.41 Å². The summed E-state index contributed by atoms with van der Waals surface area (Å²) < 4.78 is 0. The van der Waals surface area contributed by atoms with Crippen LogP contribution in [0.25, 0.3) is 0 Å². The number of carbonyl (C=O) groups is 1. The average Bonchev–Trinajstić information content (AvgIpc) is 2.38. The molecule has 4 heteroatoms. The molecule has 1 amide bonds. The molecule has 96 valence electrons. The molecule has 0 bridgehead atoms. The molecule has 1 aliphatic rings. The van der Waals surface area contributed by atoms with Gasteiger partial charge in [0, 0.05) is 12.6 Å². The minimum atomic E-state index is -0.818. The van der Waals surface area contributed by atoms with Crippen LogP contribution in [0, 0.1) is 16.7 Å². The van der Waals surface area contributed by atoms with Crippen LogP contribution in [0.5, 0.6) is 0 Å². The summed E-state index contributed by atoms with van der Waals surface area (Å²) in [5, 5.41) is 21.1. The molecule has 2 N–H and O–H groups in total. The summed E-state index contributed by atoms with van der Waals surface area (Å²) >= 11 is 0. The van der Waals surface area contributed by atoms with Gasteiger partial charge in [0.15, 0.2) is 0 Å². The first-order valence-corrected chi connectivity index (χ1v) is 6.51. The van der Waals surface area contributed by atoms with E-state index in [0.29, 0.717) is 19.3 Å². The maximum absolute atomic E-state index is 12.2. The molecule has 0 aliphatic heterocycles. The van der Waals surface area contributed by atoms with Crippen molar-refractivity contribution in [1.29, 1.82) is 5.26 Å². The Bertz CT molecular complexity index is 290. The quantitative estimate of drug-likeness (QED) is 0.766. The number of aliphatic hydroxyl groups is 1. The maximum Gasteiger partial charge on any atom is 0.240 e. The minimum Gasteiger partial charge on any atom is -0.396 e. The van der Waals surface area contributed by atoms with Crippen molar-refractivity contribution in [3.63, 3.8) is 0 Å². The molecule has 1 atom stereocenters. The Morgan fingerprint density at radius 1 is 1.47 bits per heavy atom. The van der Waals surface area contributed by atoms with Crippen LogP contribution in [0.1, 0.15) is 51.9 Å². The minimum absolute atomic E-state index is 0.0142. The van der Waals surface area contributed by atoms with Crippen LogP contribution in [0.2, 0.25) is 0 Å². The van der Waals surface area contributed by atoms with Gasteiger partial charge in [-0.05, 0) is 25.7 Å². The van der Waals surface area contributed by atoms with E-state index in [1.54, 1.807) is 0 Å². The second-order valence-electron chi connectivity index (χ2n) is 4.85. The third-order valence-electron chi connectivity index (χ3n) is 3.66. The Balaban J connectivity index is 2.63. The van der Waals surface area contributed by atoms with Crippen molar-refractivity contribution in [2.75, 3.05) is 6.61 Å². The molecule has 1 rings (SSSR count). The molecular weight excluding hydrogens is 216 g/mol. The van der Waals surface area contributed by atoms with Gasteiger partial charge in [0.2, 0.25) is 5.91 Å². The maximum atomic E-state index is 12.2. The number of nitriles is 1. The van der Waals surface area contributed by atoms with Gasteiger partial charge in [-0.15, -0.1) is 0 Å². The summed E-state index contributed by atoms with van der Waals surface area (Å²) in [5.74, 6) is -0.139. The zero-order valence-corrected chi connectivity index (χ0v) is 10.5. The number of aliphatic hydroxyl groups excluding tert-OH is 1. The normalized spacial score (nSPS) is 20.3. The highest BCUT2D eigenvalue weighted by Crippen LogP contribution is 2.36. The third-order valence-corrected chi connectivity index (χ3v) is 3.66. The first-order chi connectivity index (χ1) is 8.18. The van der Waals surface area contributed by atoms with Gasteiger partial charge < -0.3 is 10.4 Å². The number of carbonyl (C=O) groups excluding carboxylic acids is 1. The van der Waals surface area contributed by atoms with Crippen LogP contribution < -0.4 is 5.32 Å². The zero-order chi connectivity index (χ0) is 12.7. The Hall–Kier alpha value is -1.08. The largest absolute Gasteiger partial charge is 0.396 e. The van der Waals surface area contributed by atoms with E-state index in [2.05, 4.69) is 11.4 Å². The Labute approximate surface area is 103 Å². The molecule has 0 aromatic heterocycles. The third kappa shape index (κ3) is 3.44. The van der Waals surface area contributed by atoms with Crippen LogP contribution in [0.15, 0.2) is 0 Å². The predicted molar refractivity (Wildman–Crippen MR) is 65.1 cm³/mol. The molecule has 0 aromatic rings. The van der Waals surface area contributed by atoms with E-state index in [0.717, 1.165) is 25.7 Å².